The molecule has 0 aliphatic rings. The number of amides is 1. The van der Waals surface area contributed by atoms with E-state index in [1.54, 1.807) is 0 Å². The number of nitrogen functional groups attached to an aromatic ring is 1. The highest BCUT2D eigenvalue weighted by atomic mass is 19.4. The van der Waals surface area contributed by atoms with E-state index >= 15 is 0 Å². The Morgan fingerprint density at radius 3 is 2.21 bits per heavy atom. The first-order chi connectivity index (χ1) is 8.70. The fraction of sp³-hybridized carbons (Fsp3) is 0.364. The molecule has 4 N–H and O–H groups in total. The van der Waals surface area contributed by atoms with Crippen LogP contribution >= 0.6 is 0 Å². The van der Waals surface area contributed by atoms with Gasteiger partial charge in [0.1, 0.15) is 5.75 Å². The molecule has 0 atom stereocenters. The van der Waals surface area contributed by atoms with Crippen LogP contribution < -0.4 is 16.3 Å². The van der Waals surface area contributed by atoms with Gasteiger partial charge in [-0.3, -0.25) is 9.80 Å². The van der Waals surface area contributed by atoms with Crippen molar-refractivity contribution < 1.29 is 22.7 Å². The van der Waals surface area contributed by atoms with E-state index in [1.165, 1.54) is 7.05 Å². The molecule has 1 amide bonds. The molecule has 5 nitrogen and oxygen atoms in total. The molecule has 0 spiro atoms. The topological polar surface area (TPSA) is 81.6 Å². The molecular weight excluding hydrogens is 263 g/mol. The van der Waals surface area contributed by atoms with E-state index < -0.39 is 18.0 Å². The van der Waals surface area contributed by atoms with Crippen LogP contribution in [-0.4, -0.2) is 24.3 Å². The summed E-state index contributed by atoms with van der Waals surface area (Å²) in [6, 6.07) is 3.01. The second-order valence-electron chi connectivity index (χ2n) is 3.21. The van der Waals surface area contributed by atoms with Crippen molar-refractivity contribution >= 4 is 11.6 Å². The van der Waals surface area contributed by atoms with Gasteiger partial charge in [-0.15, -0.1) is 13.2 Å². The summed E-state index contributed by atoms with van der Waals surface area (Å²) in [5.74, 6) is 4.09. The minimum atomic E-state index is -4.80. The molecule has 0 saturated carbocycles. The maximum absolute atomic E-state index is 11.9. The molecule has 1 aromatic rings. The lowest BCUT2D eigenvalue weighted by Crippen LogP contribution is -2.33. The first-order valence-corrected chi connectivity index (χ1v) is 5.39. The van der Waals surface area contributed by atoms with Gasteiger partial charge in [-0.25, -0.2) is 5.84 Å². The van der Waals surface area contributed by atoms with Crippen LogP contribution in [0.4, 0.5) is 18.9 Å². The largest absolute Gasteiger partial charge is 0.573 e. The summed E-state index contributed by atoms with van der Waals surface area (Å²) in [4.78, 5) is 11.4. The lowest BCUT2D eigenvalue weighted by Gasteiger charge is -2.13. The van der Waals surface area contributed by atoms with Gasteiger partial charge < -0.3 is 10.5 Å². The monoisotopic (exact) mass is 279 g/mol. The molecule has 1 aromatic carbocycles. The molecule has 0 saturated heterocycles. The number of hydrogen-bond donors (Lipinski definition) is 2. The molecule has 0 heterocycles. The van der Waals surface area contributed by atoms with E-state index in [4.69, 9.17) is 11.6 Å². The number of benzene rings is 1. The van der Waals surface area contributed by atoms with Crippen molar-refractivity contribution in [3.05, 3.63) is 23.8 Å². The molecule has 0 aromatic heterocycles. The molecule has 8 heteroatoms. The summed E-state index contributed by atoms with van der Waals surface area (Å²) in [7, 11) is 1.29. The van der Waals surface area contributed by atoms with Crippen LogP contribution in [-0.2, 0) is 0 Å². The second kappa shape index (κ2) is 6.83. The minimum Gasteiger partial charge on any atom is -0.406 e. The average Bonchev–Trinajstić information content (AvgIpc) is 2.28. The maximum atomic E-state index is 11.9. The Morgan fingerprint density at radius 2 is 1.84 bits per heavy atom. The van der Waals surface area contributed by atoms with Crippen molar-refractivity contribution in [1.29, 1.82) is 0 Å². The molecule has 19 heavy (non-hydrogen) atoms. The summed E-state index contributed by atoms with van der Waals surface area (Å²) in [5.41, 5.74) is 5.29. The molecule has 0 aliphatic heterocycles. The van der Waals surface area contributed by atoms with E-state index in [-0.39, 0.29) is 11.3 Å². The van der Waals surface area contributed by atoms with Gasteiger partial charge in [0.15, 0.2) is 0 Å². The summed E-state index contributed by atoms with van der Waals surface area (Å²) in [6.45, 7) is 4.00. The highest BCUT2D eigenvalue weighted by Crippen LogP contribution is 2.26. The van der Waals surface area contributed by atoms with E-state index in [0.717, 1.165) is 23.2 Å². The van der Waals surface area contributed by atoms with E-state index in [1.807, 2.05) is 13.8 Å². The highest BCUT2D eigenvalue weighted by Gasteiger charge is 2.31. The first kappa shape index (κ1) is 17.0. The molecule has 0 radical (unpaired) electrons. The predicted octanol–water partition coefficient (Wildman–Crippen LogP) is 2.14. The number of carbonyl (C=O) groups excluding carboxylic acids is 1. The number of hydrazine groups is 1. The number of halogens is 3. The van der Waals surface area contributed by atoms with Crippen molar-refractivity contribution in [2.24, 2.45) is 5.84 Å². The summed E-state index contributed by atoms with van der Waals surface area (Å²) < 4.78 is 39.3. The summed E-state index contributed by atoms with van der Waals surface area (Å²) in [6.07, 6.45) is -4.80. The lowest BCUT2D eigenvalue weighted by atomic mass is 10.1. The van der Waals surface area contributed by atoms with Crippen LogP contribution in [0.3, 0.4) is 0 Å². The zero-order valence-corrected chi connectivity index (χ0v) is 10.8. The van der Waals surface area contributed by atoms with Crippen LogP contribution in [0.25, 0.3) is 0 Å². The Balaban J connectivity index is 0.00000154. The van der Waals surface area contributed by atoms with Crippen molar-refractivity contribution in [2.45, 2.75) is 20.2 Å². The van der Waals surface area contributed by atoms with Gasteiger partial charge in [0.2, 0.25) is 0 Å². The van der Waals surface area contributed by atoms with E-state index in [2.05, 4.69) is 4.74 Å². The number of nitrogens with two attached hydrogens (primary N) is 2. The third-order valence-electron chi connectivity index (χ3n) is 1.81. The Kier molecular flexibility index (Phi) is 6.13. The SMILES string of the molecule is CC.CN(N)C(=O)c1ccc(OC(F)(F)F)cc1N. The standard InChI is InChI=1S/C9H10F3N3O2.C2H6/c1-15(14)8(16)6-3-2-5(4-7(6)13)17-9(10,11)12;1-2/h2-4H,13-14H2,1H3;1-2H3. The zero-order valence-electron chi connectivity index (χ0n) is 10.8. The summed E-state index contributed by atoms with van der Waals surface area (Å²) >= 11 is 0. The van der Waals surface area contributed by atoms with Gasteiger partial charge in [-0.2, -0.15) is 0 Å². The fourth-order valence-electron chi connectivity index (χ4n) is 1.12. The lowest BCUT2D eigenvalue weighted by molar-refractivity contribution is -0.274. The number of rotatable bonds is 2. The molecule has 0 aliphatic carbocycles. The molecule has 1 rings (SSSR count). The van der Waals surface area contributed by atoms with Crippen molar-refractivity contribution in [2.75, 3.05) is 12.8 Å². The van der Waals surface area contributed by atoms with E-state index in [9.17, 15) is 18.0 Å². The van der Waals surface area contributed by atoms with Gasteiger partial charge in [0.25, 0.3) is 5.91 Å². The maximum Gasteiger partial charge on any atom is 0.573 e. The quantitative estimate of drug-likeness (QED) is 0.376. The normalized spacial score (nSPS) is 10.3. The van der Waals surface area contributed by atoms with Crippen LogP contribution in [0.5, 0.6) is 5.75 Å². The second-order valence-corrected chi connectivity index (χ2v) is 3.21. The predicted molar refractivity (Wildman–Crippen MR) is 65.2 cm³/mol. The number of hydrogen-bond acceptors (Lipinski definition) is 4. The highest BCUT2D eigenvalue weighted by molar-refractivity contribution is 5.98. The number of anilines is 1. The van der Waals surface area contributed by atoms with Crippen molar-refractivity contribution in [1.82, 2.24) is 5.01 Å². The summed E-state index contributed by atoms with van der Waals surface area (Å²) in [5, 5.41) is 0.774. The Morgan fingerprint density at radius 1 is 1.32 bits per heavy atom. The number of alkyl halides is 3. The first-order valence-electron chi connectivity index (χ1n) is 5.39. The van der Waals surface area contributed by atoms with Gasteiger partial charge in [0.05, 0.1) is 5.56 Å². The smallest absolute Gasteiger partial charge is 0.406 e. The number of ether oxygens (including phenoxy) is 1. The third-order valence-corrected chi connectivity index (χ3v) is 1.81. The Hall–Kier alpha value is -1.96. The molecular formula is C11H16F3N3O2. The van der Waals surface area contributed by atoms with Crippen LogP contribution in [0.1, 0.15) is 24.2 Å². The molecule has 108 valence electrons. The van der Waals surface area contributed by atoms with Crippen molar-refractivity contribution in [3.8, 4) is 5.75 Å². The minimum absolute atomic E-state index is 0.00419. The van der Waals surface area contributed by atoms with Crippen LogP contribution in [0, 0.1) is 0 Å². The van der Waals surface area contributed by atoms with Crippen LogP contribution in [0.2, 0.25) is 0 Å². The Bertz CT molecular complexity index is 434. The van der Waals surface area contributed by atoms with Gasteiger partial charge in [-0.05, 0) is 12.1 Å². The van der Waals surface area contributed by atoms with Crippen LogP contribution in [0.15, 0.2) is 18.2 Å². The Labute approximate surface area is 108 Å². The van der Waals surface area contributed by atoms with Crippen molar-refractivity contribution in [3.63, 3.8) is 0 Å². The number of nitrogens with zero attached hydrogens (tertiary/aromatic N) is 1. The van der Waals surface area contributed by atoms with Gasteiger partial charge in [-0.1, -0.05) is 13.8 Å². The number of carbonyl (C=O) groups is 1. The third kappa shape index (κ3) is 5.47. The molecule has 0 bridgehead atoms. The zero-order chi connectivity index (χ0) is 15.2. The van der Waals surface area contributed by atoms with Gasteiger partial charge in [0, 0.05) is 18.8 Å². The van der Waals surface area contributed by atoms with Gasteiger partial charge >= 0.3 is 6.36 Å². The van der Waals surface area contributed by atoms with E-state index in [0.29, 0.717) is 0 Å². The molecule has 0 unspecified atom stereocenters. The molecule has 0 fully saturated rings. The average molecular weight is 279 g/mol. The fourth-order valence-corrected chi connectivity index (χ4v) is 1.12.